The van der Waals surface area contributed by atoms with Crippen molar-refractivity contribution in [1.29, 1.82) is 0 Å². The Kier molecular flexibility index (Phi) is 6.95. The summed E-state index contributed by atoms with van der Waals surface area (Å²) in [5, 5.41) is 8.94. The van der Waals surface area contributed by atoms with E-state index >= 15 is 0 Å². The molecule has 0 aromatic rings. The first-order valence-electron chi connectivity index (χ1n) is 5.66. The maximum Gasteiger partial charge on any atom is 0.321 e. The van der Waals surface area contributed by atoms with Gasteiger partial charge in [0.05, 0.1) is 7.11 Å². The van der Waals surface area contributed by atoms with E-state index in [1.54, 1.807) is 13.8 Å². The molecule has 0 heterocycles. The van der Waals surface area contributed by atoms with Gasteiger partial charge in [-0.3, -0.25) is 9.59 Å². The number of hydrogen-bond donors (Lipinski definition) is 2. The van der Waals surface area contributed by atoms with E-state index in [2.05, 4.69) is 4.74 Å². The van der Waals surface area contributed by atoms with Crippen LogP contribution in [-0.2, 0) is 24.5 Å². The molecule has 0 aliphatic heterocycles. The first-order valence-corrected chi connectivity index (χ1v) is 7.10. The zero-order chi connectivity index (χ0) is 15.2. The zero-order valence-corrected chi connectivity index (χ0v) is 12.2. The van der Waals surface area contributed by atoms with Crippen molar-refractivity contribution in [2.45, 2.75) is 38.8 Å². The maximum atomic E-state index is 11.8. The molecule has 0 saturated heterocycles. The first-order chi connectivity index (χ1) is 8.61. The molecule has 9 heteroatoms. The Morgan fingerprint density at radius 2 is 1.89 bits per heavy atom. The van der Waals surface area contributed by atoms with Crippen LogP contribution < -0.4 is 4.72 Å². The molecule has 0 rings (SSSR count). The molecule has 1 atom stereocenters. The maximum absolute atomic E-state index is 11.8. The highest BCUT2D eigenvalue weighted by atomic mass is 32.2. The number of carboxylic acid groups (broad SMARTS) is 1. The van der Waals surface area contributed by atoms with Gasteiger partial charge in [-0.25, -0.2) is 0 Å². The van der Waals surface area contributed by atoms with E-state index in [0.29, 0.717) is 0 Å². The number of carbonyl (C=O) groups is 2. The van der Waals surface area contributed by atoms with Crippen LogP contribution in [0.25, 0.3) is 0 Å². The SMILES string of the molecule is COC(=O)CC[C@@H](NS(=O)(=O)N(C)C(C)C)C(=O)O. The number of hydrogen-bond acceptors (Lipinski definition) is 5. The second-order valence-electron chi connectivity index (χ2n) is 4.24. The molecule has 0 bridgehead atoms. The molecule has 2 N–H and O–H groups in total. The quantitative estimate of drug-likeness (QED) is 0.587. The van der Waals surface area contributed by atoms with Crippen molar-refractivity contribution < 1.29 is 27.9 Å². The second-order valence-corrected chi connectivity index (χ2v) is 6.00. The van der Waals surface area contributed by atoms with Crippen LogP contribution in [0.3, 0.4) is 0 Å². The lowest BCUT2D eigenvalue weighted by Gasteiger charge is -2.23. The Balaban J connectivity index is 4.76. The van der Waals surface area contributed by atoms with Crippen LogP contribution in [0.5, 0.6) is 0 Å². The fourth-order valence-corrected chi connectivity index (χ4v) is 2.44. The van der Waals surface area contributed by atoms with Crippen molar-refractivity contribution in [3.05, 3.63) is 0 Å². The van der Waals surface area contributed by atoms with Gasteiger partial charge in [-0.2, -0.15) is 17.4 Å². The molecule has 0 aliphatic rings. The molecule has 0 aliphatic carbocycles. The van der Waals surface area contributed by atoms with Gasteiger partial charge in [-0.15, -0.1) is 0 Å². The third kappa shape index (κ3) is 5.99. The second kappa shape index (κ2) is 7.41. The van der Waals surface area contributed by atoms with E-state index in [4.69, 9.17) is 5.11 Å². The van der Waals surface area contributed by atoms with Gasteiger partial charge in [-0.1, -0.05) is 0 Å². The topological polar surface area (TPSA) is 113 Å². The molecule has 0 aromatic carbocycles. The van der Waals surface area contributed by atoms with E-state index in [0.717, 1.165) is 4.31 Å². The van der Waals surface area contributed by atoms with Gasteiger partial charge >= 0.3 is 11.9 Å². The van der Waals surface area contributed by atoms with Gasteiger partial charge in [0.1, 0.15) is 6.04 Å². The number of rotatable bonds is 8. The van der Waals surface area contributed by atoms with E-state index in [-0.39, 0.29) is 18.9 Å². The monoisotopic (exact) mass is 296 g/mol. The number of ether oxygens (including phenoxy) is 1. The first kappa shape index (κ1) is 17.8. The molecule has 0 unspecified atom stereocenters. The molecule has 0 aromatic heterocycles. The third-order valence-corrected chi connectivity index (χ3v) is 4.32. The van der Waals surface area contributed by atoms with E-state index in [1.165, 1.54) is 14.2 Å². The van der Waals surface area contributed by atoms with Crippen LogP contribution in [0.4, 0.5) is 0 Å². The van der Waals surface area contributed by atoms with E-state index in [9.17, 15) is 18.0 Å². The number of aliphatic carboxylic acids is 1. The molecular formula is C10H20N2O6S. The summed E-state index contributed by atoms with van der Waals surface area (Å²) in [4.78, 5) is 21.9. The van der Waals surface area contributed by atoms with Crippen molar-refractivity contribution in [2.24, 2.45) is 0 Å². The molecule has 0 fully saturated rings. The van der Waals surface area contributed by atoms with Gasteiger partial charge in [0.2, 0.25) is 0 Å². The lowest BCUT2D eigenvalue weighted by atomic mass is 10.2. The van der Waals surface area contributed by atoms with Crippen LogP contribution in [0.1, 0.15) is 26.7 Å². The minimum absolute atomic E-state index is 0.173. The number of carboxylic acids is 1. The minimum Gasteiger partial charge on any atom is -0.480 e. The highest BCUT2D eigenvalue weighted by Gasteiger charge is 2.28. The van der Waals surface area contributed by atoms with Gasteiger partial charge < -0.3 is 9.84 Å². The summed E-state index contributed by atoms with van der Waals surface area (Å²) in [5.41, 5.74) is 0. The highest BCUT2D eigenvalue weighted by Crippen LogP contribution is 2.06. The summed E-state index contributed by atoms with van der Waals surface area (Å²) < 4.78 is 31.1. The van der Waals surface area contributed by atoms with Crippen LogP contribution >= 0.6 is 0 Å². The van der Waals surface area contributed by atoms with Gasteiger partial charge in [-0.05, 0) is 20.3 Å². The van der Waals surface area contributed by atoms with Crippen molar-refractivity contribution >= 4 is 22.1 Å². The summed E-state index contributed by atoms with van der Waals surface area (Å²) in [5.74, 6) is -1.94. The Labute approximate surface area is 112 Å². The fraction of sp³-hybridized carbons (Fsp3) is 0.800. The number of nitrogens with one attached hydrogen (secondary N) is 1. The zero-order valence-electron chi connectivity index (χ0n) is 11.4. The average Bonchev–Trinajstić information content (AvgIpc) is 2.32. The van der Waals surface area contributed by atoms with Gasteiger partial charge in [0, 0.05) is 19.5 Å². The summed E-state index contributed by atoms with van der Waals surface area (Å²) >= 11 is 0. The summed E-state index contributed by atoms with van der Waals surface area (Å²) in [6.07, 6.45) is -0.353. The standard InChI is InChI=1S/C10H20N2O6S/c1-7(2)12(3)19(16,17)11-8(10(14)15)5-6-9(13)18-4/h7-8,11H,5-6H2,1-4H3,(H,14,15)/t8-/m1/s1. The molecule has 0 spiro atoms. The van der Waals surface area contributed by atoms with Crippen LogP contribution in [0, 0.1) is 0 Å². The van der Waals surface area contributed by atoms with Crippen molar-refractivity contribution in [3.8, 4) is 0 Å². The van der Waals surface area contributed by atoms with Gasteiger partial charge in [0.15, 0.2) is 0 Å². The van der Waals surface area contributed by atoms with Crippen LogP contribution in [-0.4, -0.2) is 56.0 Å². The molecule has 19 heavy (non-hydrogen) atoms. The number of nitrogens with zero attached hydrogens (tertiary/aromatic N) is 1. The third-order valence-electron chi connectivity index (χ3n) is 2.56. The van der Waals surface area contributed by atoms with Crippen LogP contribution in [0.2, 0.25) is 0 Å². The number of esters is 1. The molecule has 8 nitrogen and oxygen atoms in total. The van der Waals surface area contributed by atoms with Crippen molar-refractivity contribution in [3.63, 3.8) is 0 Å². The molecule has 0 saturated carbocycles. The predicted octanol–water partition coefficient (Wildman–Crippen LogP) is -0.433. The van der Waals surface area contributed by atoms with E-state index in [1.807, 2.05) is 4.72 Å². The van der Waals surface area contributed by atoms with Gasteiger partial charge in [0.25, 0.3) is 10.2 Å². The molecule has 0 amide bonds. The summed E-state index contributed by atoms with van der Waals surface area (Å²) in [6.45, 7) is 3.31. The lowest BCUT2D eigenvalue weighted by Crippen LogP contribution is -2.49. The van der Waals surface area contributed by atoms with Crippen molar-refractivity contribution in [1.82, 2.24) is 9.03 Å². The minimum atomic E-state index is -3.91. The normalized spacial score (nSPS) is 13.6. The Morgan fingerprint density at radius 1 is 1.37 bits per heavy atom. The molecule has 0 radical (unpaired) electrons. The molecule has 112 valence electrons. The lowest BCUT2D eigenvalue weighted by molar-refractivity contribution is -0.142. The molecular weight excluding hydrogens is 276 g/mol. The number of carbonyl (C=O) groups excluding carboxylic acids is 1. The highest BCUT2D eigenvalue weighted by molar-refractivity contribution is 7.87. The predicted molar refractivity (Wildman–Crippen MR) is 67.6 cm³/mol. The Bertz CT molecular complexity index is 420. The Hall–Kier alpha value is -1.19. The summed E-state index contributed by atoms with van der Waals surface area (Å²) in [6, 6.07) is -1.68. The smallest absolute Gasteiger partial charge is 0.321 e. The van der Waals surface area contributed by atoms with Crippen molar-refractivity contribution in [2.75, 3.05) is 14.2 Å². The Morgan fingerprint density at radius 3 is 2.26 bits per heavy atom. The largest absolute Gasteiger partial charge is 0.480 e. The van der Waals surface area contributed by atoms with E-state index < -0.39 is 28.2 Å². The summed E-state index contributed by atoms with van der Waals surface area (Å²) in [7, 11) is -1.39. The average molecular weight is 296 g/mol. The number of methoxy groups -OCH3 is 1. The fourth-order valence-electron chi connectivity index (χ4n) is 1.14. The van der Waals surface area contributed by atoms with Crippen LogP contribution in [0.15, 0.2) is 0 Å².